The number of ether oxygens (including phenoxy) is 2. The summed E-state index contributed by atoms with van der Waals surface area (Å²) in [4.78, 5) is 35.3. The van der Waals surface area contributed by atoms with E-state index in [1.54, 1.807) is 0 Å². The molecule has 0 saturated heterocycles. The van der Waals surface area contributed by atoms with E-state index in [4.69, 9.17) is 9.47 Å². The van der Waals surface area contributed by atoms with E-state index >= 15 is 0 Å². The average Bonchev–Trinajstić information content (AvgIpc) is 2.68. The zero-order valence-electron chi connectivity index (χ0n) is 17.0. The number of carbonyl (C=O) groups is 3. The highest BCUT2D eigenvalue weighted by Gasteiger charge is 2.22. The lowest BCUT2D eigenvalue weighted by Gasteiger charge is -2.18. The Bertz CT molecular complexity index is 604. The quantitative estimate of drug-likeness (QED) is 0.421. The lowest BCUT2D eigenvalue weighted by Crippen LogP contribution is -2.42. The second kappa shape index (κ2) is 13.6. The topological polar surface area (TPSA) is 93.7 Å². The predicted molar refractivity (Wildman–Crippen MR) is 106 cm³/mol. The zero-order chi connectivity index (χ0) is 20.8. The number of unbranched alkanes of at least 4 members (excludes halogenated alkanes) is 2. The third-order valence-electron chi connectivity index (χ3n) is 4.09. The van der Waals surface area contributed by atoms with Gasteiger partial charge >= 0.3 is 12.1 Å². The Balaban J connectivity index is 2.11. The molecular weight excluding hydrogens is 360 g/mol. The predicted octanol–water partition coefficient (Wildman–Crippen LogP) is 3.18. The van der Waals surface area contributed by atoms with Crippen LogP contribution < -0.4 is 10.6 Å². The van der Waals surface area contributed by atoms with Crippen molar-refractivity contribution in [1.82, 2.24) is 10.6 Å². The normalized spacial score (nSPS) is 11.6. The van der Waals surface area contributed by atoms with Crippen molar-refractivity contribution in [2.24, 2.45) is 5.92 Å². The Labute approximate surface area is 167 Å². The van der Waals surface area contributed by atoms with Crippen LogP contribution in [0.1, 0.15) is 51.5 Å². The van der Waals surface area contributed by atoms with E-state index in [1.807, 2.05) is 44.2 Å². The molecule has 7 nitrogen and oxygen atoms in total. The van der Waals surface area contributed by atoms with Gasteiger partial charge in [-0.25, -0.2) is 9.59 Å². The van der Waals surface area contributed by atoms with Crippen LogP contribution in [-0.2, 0) is 25.7 Å². The number of esters is 1. The van der Waals surface area contributed by atoms with Gasteiger partial charge in [-0.15, -0.1) is 0 Å². The van der Waals surface area contributed by atoms with Crippen LogP contribution >= 0.6 is 0 Å². The lowest BCUT2D eigenvalue weighted by atomic mass is 10.0. The molecule has 28 heavy (non-hydrogen) atoms. The SMILES string of the molecule is COC(=O)[C@H](CC(C)C)NC(=O)CCCCCNC(=O)OCc1ccccc1. The second-order valence-electron chi connectivity index (χ2n) is 7.07. The summed E-state index contributed by atoms with van der Waals surface area (Å²) < 4.78 is 9.86. The molecule has 2 amide bonds. The number of methoxy groups -OCH3 is 1. The van der Waals surface area contributed by atoms with Gasteiger partial charge in [-0.3, -0.25) is 4.79 Å². The number of hydrogen-bond donors (Lipinski definition) is 2. The molecule has 156 valence electrons. The van der Waals surface area contributed by atoms with E-state index in [2.05, 4.69) is 10.6 Å². The summed E-state index contributed by atoms with van der Waals surface area (Å²) in [5.74, 6) is -0.302. The molecule has 2 N–H and O–H groups in total. The highest BCUT2D eigenvalue weighted by molar-refractivity contribution is 5.84. The van der Waals surface area contributed by atoms with Crippen molar-refractivity contribution in [3.8, 4) is 0 Å². The van der Waals surface area contributed by atoms with Crippen LogP contribution in [0.3, 0.4) is 0 Å². The number of nitrogens with one attached hydrogen (secondary N) is 2. The third kappa shape index (κ3) is 10.5. The van der Waals surface area contributed by atoms with Gasteiger partial charge in [0.15, 0.2) is 0 Å². The lowest BCUT2D eigenvalue weighted by molar-refractivity contribution is -0.145. The Morgan fingerprint density at radius 3 is 2.39 bits per heavy atom. The first-order valence-corrected chi connectivity index (χ1v) is 9.74. The highest BCUT2D eigenvalue weighted by Crippen LogP contribution is 2.07. The molecular formula is C21H32N2O5. The Hall–Kier alpha value is -2.57. The molecule has 0 bridgehead atoms. The van der Waals surface area contributed by atoms with Crippen molar-refractivity contribution < 1.29 is 23.9 Å². The summed E-state index contributed by atoms with van der Waals surface area (Å²) in [5, 5.41) is 5.43. The first kappa shape index (κ1) is 23.5. The maximum atomic E-state index is 12.0. The molecule has 0 fully saturated rings. The van der Waals surface area contributed by atoms with Gasteiger partial charge in [-0.1, -0.05) is 50.6 Å². The van der Waals surface area contributed by atoms with E-state index in [1.165, 1.54) is 7.11 Å². The fraction of sp³-hybridized carbons (Fsp3) is 0.571. The van der Waals surface area contributed by atoms with Crippen LogP contribution in [0.5, 0.6) is 0 Å². The molecule has 1 rings (SSSR count). The molecule has 0 aromatic heterocycles. The summed E-state index contributed by atoms with van der Waals surface area (Å²) >= 11 is 0. The van der Waals surface area contributed by atoms with Crippen molar-refractivity contribution >= 4 is 18.0 Å². The second-order valence-corrected chi connectivity index (χ2v) is 7.07. The van der Waals surface area contributed by atoms with Crippen molar-refractivity contribution in [2.75, 3.05) is 13.7 Å². The molecule has 0 saturated carbocycles. The van der Waals surface area contributed by atoms with Gasteiger partial charge in [0.2, 0.25) is 5.91 Å². The molecule has 0 aliphatic heterocycles. The maximum Gasteiger partial charge on any atom is 0.407 e. The number of alkyl carbamates (subject to hydrolysis) is 1. The van der Waals surface area contributed by atoms with Gasteiger partial charge in [0, 0.05) is 13.0 Å². The van der Waals surface area contributed by atoms with E-state index in [-0.39, 0.29) is 18.4 Å². The molecule has 0 unspecified atom stereocenters. The molecule has 7 heteroatoms. The Morgan fingerprint density at radius 2 is 1.75 bits per heavy atom. The average molecular weight is 392 g/mol. The van der Waals surface area contributed by atoms with Crippen molar-refractivity contribution in [1.29, 1.82) is 0 Å². The van der Waals surface area contributed by atoms with Crippen LogP contribution in [0, 0.1) is 5.92 Å². The fourth-order valence-corrected chi connectivity index (χ4v) is 2.65. The fourth-order valence-electron chi connectivity index (χ4n) is 2.65. The minimum Gasteiger partial charge on any atom is -0.467 e. The first-order valence-electron chi connectivity index (χ1n) is 9.74. The summed E-state index contributed by atoms with van der Waals surface area (Å²) in [5.41, 5.74) is 0.936. The largest absolute Gasteiger partial charge is 0.467 e. The molecule has 1 atom stereocenters. The molecule has 1 aromatic carbocycles. The molecule has 0 aliphatic rings. The smallest absolute Gasteiger partial charge is 0.407 e. The molecule has 0 heterocycles. The summed E-state index contributed by atoms with van der Waals surface area (Å²) in [7, 11) is 1.32. The third-order valence-corrected chi connectivity index (χ3v) is 4.09. The van der Waals surface area contributed by atoms with E-state index in [0.717, 1.165) is 18.4 Å². The standard InChI is InChI=1S/C21H32N2O5/c1-16(2)14-18(20(25)27-3)23-19(24)12-8-5-9-13-22-21(26)28-15-17-10-6-4-7-11-17/h4,6-7,10-11,16,18H,5,8-9,12-15H2,1-3H3,(H,22,26)(H,23,24)/t18-/m0/s1. The van der Waals surface area contributed by atoms with Crippen molar-refractivity contribution in [3.63, 3.8) is 0 Å². The number of carbonyl (C=O) groups excluding carboxylic acids is 3. The van der Waals surface area contributed by atoms with Crippen LogP contribution in [0.4, 0.5) is 4.79 Å². The van der Waals surface area contributed by atoms with Gasteiger partial charge in [0.25, 0.3) is 0 Å². The number of benzene rings is 1. The molecule has 1 aromatic rings. The molecule has 0 spiro atoms. The highest BCUT2D eigenvalue weighted by atomic mass is 16.5. The van der Waals surface area contributed by atoms with Gasteiger partial charge in [-0.2, -0.15) is 0 Å². The zero-order valence-corrected chi connectivity index (χ0v) is 17.0. The summed E-state index contributed by atoms with van der Waals surface area (Å²) in [6.07, 6.45) is 2.66. The van der Waals surface area contributed by atoms with Crippen molar-refractivity contribution in [2.45, 2.75) is 58.6 Å². The molecule has 0 radical (unpaired) electrons. The summed E-state index contributed by atoms with van der Waals surface area (Å²) in [6.45, 7) is 4.71. The number of hydrogen-bond acceptors (Lipinski definition) is 5. The van der Waals surface area contributed by atoms with Crippen LogP contribution in [0.15, 0.2) is 30.3 Å². The van der Waals surface area contributed by atoms with Gasteiger partial charge in [0.1, 0.15) is 12.6 Å². The van der Waals surface area contributed by atoms with E-state index < -0.39 is 18.1 Å². The van der Waals surface area contributed by atoms with Gasteiger partial charge < -0.3 is 20.1 Å². The van der Waals surface area contributed by atoms with Crippen LogP contribution in [0.2, 0.25) is 0 Å². The van der Waals surface area contributed by atoms with Crippen LogP contribution in [-0.4, -0.2) is 37.7 Å². The minimum atomic E-state index is -0.599. The maximum absolute atomic E-state index is 12.0. The van der Waals surface area contributed by atoms with E-state index in [9.17, 15) is 14.4 Å². The number of rotatable bonds is 12. The van der Waals surface area contributed by atoms with Crippen LogP contribution in [0.25, 0.3) is 0 Å². The monoisotopic (exact) mass is 392 g/mol. The van der Waals surface area contributed by atoms with Crippen molar-refractivity contribution in [3.05, 3.63) is 35.9 Å². The Kier molecular flexibility index (Phi) is 11.4. The Morgan fingerprint density at radius 1 is 1.04 bits per heavy atom. The van der Waals surface area contributed by atoms with E-state index in [0.29, 0.717) is 25.8 Å². The van der Waals surface area contributed by atoms with Gasteiger partial charge in [0.05, 0.1) is 7.11 Å². The van der Waals surface area contributed by atoms with Gasteiger partial charge in [-0.05, 0) is 30.7 Å². The number of amides is 2. The minimum absolute atomic E-state index is 0.161. The first-order chi connectivity index (χ1) is 13.4. The molecule has 0 aliphatic carbocycles. The summed E-state index contributed by atoms with van der Waals surface area (Å²) in [6, 6.07) is 8.88.